The molecule has 0 aromatic carbocycles. The molecular weight excluding hydrogens is 967 g/mol. The summed E-state index contributed by atoms with van der Waals surface area (Å²) in [7, 11) is -17.6. The van der Waals surface area contributed by atoms with E-state index in [0.29, 0.717) is 0 Å². The second-order valence-electron chi connectivity index (χ2n) is 16.9. The van der Waals surface area contributed by atoms with E-state index in [1.165, 1.54) is 65.2 Å². The normalized spacial score (nSPS) is 21.1. The Hall–Kier alpha value is -2.48. The lowest BCUT2D eigenvalue weighted by atomic mass is 9.87. The number of hydrogen-bond acceptors (Lipinski definition) is 23. The van der Waals surface area contributed by atoms with Crippen molar-refractivity contribution in [3.63, 3.8) is 0 Å². The number of rotatable bonds is 33. The standard InChI is InChI=1S/C38H68N7O18P3S/c1-5-6-7-8-9-10-11-12-13-14-15-16-25(2)29(47)37(51)67-20-19-40-27(46)17-18-41-35(50)32(49)38(3,4)22-60-66(57,58)63-65(55,56)59-21-26-31(62-64(52,53)54)30(48)36(61-26)45-24-44-28-33(39)42-23-43-34(28)45/h23-26,29-32,36,47-49H,5-22H2,1-4H3,(H,40,46)(H,41,50)(H,55,56)(H,57,58)(H2,39,42,43)(H2,52,53,54)/p-4/t25?,26-,29?,30-,31-,32+,36-/m1/s1. The van der Waals surface area contributed by atoms with Crippen molar-refractivity contribution in [2.75, 3.05) is 37.8 Å². The van der Waals surface area contributed by atoms with Crippen LogP contribution in [0.1, 0.15) is 117 Å². The Morgan fingerprint density at radius 1 is 0.925 bits per heavy atom. The van der Waals surface area contributed by atoms with Gasteiger partial charge in [0, 0.05) is 30.7 Å². The van der Waals surface area contributed by atoms with Crippen LogP contribution in [0.15, 0.2) is 12.7 Å². The first-order valence-electron chi connectivity index (χ1n) is 22.0. The fraction of sp³-hybridized carbons (Fsp3) is 0.789. The van der Waals surface area contributed by atoms with Crippen LogP contribution in [0.3, 0.4) is 0 Å². The molecule has 2 aromatic rings. The van der Waals surface area contributed by atoms with Crippen LogP contribution in [0.5, 0.6) is 0 Å². The van der Waals surface area contributed by atoms with Gasteiger partial charge >= 0.3 is 0 Å². The number of phosphoric ester groups is 3. The summed E-state index contributed by atoms with van der Waals surface area (Å²) in [6.45, 7) is 4.00. The van der Waals surface area contributed by atoms with E-state index < -0.39 is 90.7 Å². The number of carbonyl (C=O) groups is 3. The van der Waals surface area contributed by atoms with Crippen molar-refractivity contribution in [2.24, 2.45) is 11.3 Å². The number of fused-ring (bicyclic) bond motifs is 1. The van der Waals surface area contributed by atoms with Gasteiger partial charge in [-0.2, -0.15) is 0 Å². The molecule has 0 aliphatic carbocycles. The van der Waals surface area contributed by atoms with Crippen LogP contribution in [0.2, 0.25) is 0 Å². The number of amides is 2. The molecule has 3 heterocycles. The zero-order chi connectivity index (χ0) is 50.0. The number of phosphoric acid groups is 3. The topological polar surface area (TPSA) is 395 Å². The van der Waals surface area contributed by atoms with E-state index in [2.05, 4.69) is 50.4 Å². The van der Waals surface area contributed by atoms with E-state index in [4.69, 9.17) is 10.5 Å². The summed E-state index contributed by atoms with van der Waals surface area (Å²) < 4.78 is 60.8. The first-order valence-corrected chi connectivity index (χ1v) is 27.4. The first kappa shape index (κ1) is 58.8. The fourth-order valence-electron chi connectivity index (χ4n) is 6.87. The summed E-state index contributed by atoms with van der Waals surface area (Å²) in [6.07, 6.45) is 5.21. The maximum absolute atomic E-state index is 12.7. The molecule has 0 saturated carbocycles. The smallest absolute Gasteiger partial charge is 0.274 e. The van der Waals surface area contributed by atoms with Crippen LogP contribution in [-0.2, 0) is 50.7 Å². The van der Waals surface area contributed by atoms with Gasteiger partial charge in [0.25, 0.3) is 15.6 Å². The number of aliphatic hydroxyl groups excluding tert-OH is 3. The molecule has 67 heavy (non-hydrogen) atoms. The molecule has 2 aromatic heterocycles. The van der Waals surface area contributed by atoms with Crippen LogP contribution in [0.4, 0.5) is 5.82 Å². The van der Waals surface area contributed by atoms with Crippen molar-refractivity contribution in [3.05, 3.63) is 12.7 Å². The second kappa shape index (κ2) is 27.8. The minimum absolute atomic E-state index is 0.0244. The van der Waals surface area contributed by atoms with Crippen LogP contribution in [0.25, 0.3) is 11.2 Å². The van der Waals surface area contributed by atoms with E-state index in [1.54, 1.807) is 0 Å². The predicted octanol–water partition coefficient (Wildman–Crippen LogP) is 0.835. The molecule has 1 aliphatic rings. The summed E-state index contributed by atoms with van der Waals surface area (Å²) >= 11 is 0.905. The zero-order valence-corrected chi connectivity index (χ0v) is 41.5. The van der Waals surface area contributed by atoms with Crippen molar-refractivity contribution >= 4 is 69.1 Å². The SMILES string of the molecule is CCCCCCCCCCCCCC(C)C(O)C(=O)SCCNC(=O)CCNC(=O)[C@H](O)C(C)(C)COP(=O)([O-])OP(=O)([O-])OC[C@H]1O[C@@H](n2cnc3c(N)ncnc32)[C@H](O)[C@@H]1OP(=O)([O-])[O-]. The molecule has 9 atom stereocenters. The summed E-state index contributed by atoms with van der Waals surface area (Å²) in [5, 5.41) is 36.4. The highest BCUT2D eigenvalue weighted by Crippen LogP contribution is 2.56. The molecule has 4 unspecified atom stereocenters. The van der Waals surface area contributed by atoms with Crippen molar-refractivity contribution in [1.82, 2.24) is 30.2 Å². The number of nitrogens with two attached hydrogens (primary N) is 1. The number of thioether (sulfide) groups is 1. The quantitative estimate of drug-likeness (QED) is 0.0426. The van der Waals surface area contributed by atoms with Gasteiger partial charge in [0.2, 0.25) is 16.9 Å². The molecule has 1 fully saturated rings. The second-order valence-corrected chi connectivity index (χ2v) is 22.1. The number of imidazole rings is 1. The first-order chi connectivity index (χ1) is 31.4. The lowest BCUT2D eigenvalue weighted by Crippen LogP contribution is -2.46. The number of nitrogens with one attached hydrogen (secondary N) is 2. The lowest BCUT2D eigenvalue weighted by Gasteiger charge is -2.36. The van der Waals surface area contributed by atoms with E-state index >= 15 is 0 Å². The summed E-state index contributed by atoms with van der Waals surface area (Å²) in [4.78, 5) is 97.2. The van der Waals surface area contributed by atoms with E-state index in [1.807, 2.05) is 6.92 Å². The molecular formula is C38H64N7O18P3S-4. The van der Waals surface area contributed by atoms with Gasteiger partial charge in [-0.25, -0.2) is 19.3 Å². The molecule has 1 aliphatic heterocycles. The molecule has 0 bridgehead atoms. The van der Waals surface area contributed by atoms with E-state index in [9.17, 15) is 63.0 Å². The molecule has 384 valence electrons. The monoisotopic (exact) mass is 1030 g/mol. The van der Waals surface area contributed by atoms with Crippen LogP contribution >= 0.6 is 35.2 Å². The number of ether oxygens (including phenoxy) is 1. The number of nitrogens with zero attached hydrogens (tertiary/aromatic N) is 4. The molecule has 2 amide bonds. The third-order valence-corrected chi connectivity index (χ3v) is 14.7. The number of aromatic nitrogens is 4. The van der Waals surface area contributed by atoms with Crippen LogP contribution in [0, 0.1) is 11.3 Å². The summed E-state index contributed by atoms with van der Waals surface area (Å²) in [6, 6.07) is 0. The van der Waals surface area contributed by atoms with Gasteiger partial charge in [-0.1, -0.05) is 110 Å². The molecule has 7 N–H and O–H groups in total. The number of hydrogen-bond donors (Lipinski definition) is 6. The van der Waals surface area contributed by atoms with Gasteiger partial charge in [0.15, 0.2) is 17.7 Å². The Labute approximate surface area is 393 Å². The van der Waals surface area contributed by atoms with E-state index in [0.717, 1.165) is 54.7 Å². The van der Waals surface area contributed by atoms with Gasteiger partial charge in [-0.15, -0.1) is 0 Å². The largest absolute Gasteiger partial charge is 0.790 e. The van der Waals surface area contributed by atoms with Crippen molar-refractivity contribution in [2.45, 2.75) is 148 Å². The summed E-state index contributed by atoms with van der Waals surface area (Å²) in [5.74, 6) is -1.60. The maximum Gasteiger partial charge on any atom is 0.274 e. The third-order valence-electron chi connectivity index (χ3n) is 10.8. The van der Waals surface area contributed by atoms with E-state index in [-0.39, 0.29) is 53.3 Å². The average Bonchev–Trinajstić information content (AvgIpc) is 3.81. The Balaban J connectivity index is 1.35. The maximum atomic E-state index is 12.7. The molecule has 25 nitrogen and oxygen atoms in total. The van der Waals surface area contributed by atoms with Gasteiger partial charge in [0.05, 0.1) is 27.4 Å². The number of aliphatic hydroxyl groups is 3. The highest BCUT2D eigenvalue weighted by molar-refractivity contribution is 8.13. The van der Waals surface area contributed by atoms with Gasteiger partial charge < -0.3 is 74.1 Å². The number of nitrogen functional groups attached to an aromatic ring is 1. The molecule has 0 radical (unpaired) electrons. The van der Waals surface area contributed by atoms with Crippen LogP contribution in [-0.4, -0.2) is 114 Å². The predicted molar refractivity (Wildman–Crippen MR) is 234 cm³/mol. The minimum atomic E-state index is -5.93. The molecule has 3 rings (SSSR count). The zero-order valence-electron chi connectivity index (χ0n) is 38.0. The van der Waals surface area contributed by atoms with Crippen molar-refractivity contribution in [3.8, 4) is 0 Å². The highest BCUT2D eigenvalue weighted by atomic mass is 32.2. The van der Waals surface area contributed by atoms with Gasteiger partial charge in [-0.3, -0.25) is 28.1 Å². The fourth-order valence-corrected chi connectivity index (χ4v) is 10.4. The highest BCUT2D eigenvalue weighted by Gasteiger charge is 2.47. The number of anilines is 1. The Kier molecular flexibility index (Phi) is 24.4. The summed E-state index contributed by atoms with van der Waals surface area (Å²) in [5.41, 5.74) is 4.06. The number of carbonyl (C=O) groups excluding carboxylic acids is 3. The Morgan fingerprint density at radius 3 is 2.16 bits per heavy atom. The Bertz CT molecular complexity index is 2030. The Morgan fingerprint density at radius 2 is 1.54 bits per heavy atom. The minimum Gasteiger partial charge on any atom is -0.790 e. The number of unbranched alkanes of at least 4 members (excludes halogenated alkanes) is 10. The van der Waals surface area contributed by atoms with Crippen molar-refractivity contribution < 1.29 is 85.6 Å². The molecule has 0 spiro atoms. The van der Waals surface area contributed by atoms with Crippen LogP contribution < -0.4 is 35.9 Å². The lowest BCUT2D eigenvalue weighted by molar-refractivity contribution is -0.347. The molecule has 29 heteroatoms. The third kappa shape index (κ3) is 20.4. The average molecular weight is 1030 g/mol. The van der Waals surface area contributed by atoms with Crippen molar-refractivity contribution in [1.29, 1.82) is 0 Å². The molecule has 1 saturated heterocycles. The van der Waals surface area contributed by atoms with Gasteiger partial charge in [0.1, 0.15) is 42.4 Å². The van der Waals surface area contributed by atoms with Gasteiger partial charge in [-0.05, 0) is 12.3 Å².